The molecule has 0 fully saturated rings. The Balaban J connectivity index is 3.03. The van der Waals surface area contributed by atoms with Gasteiger partial charge in [0.15, 0.2) is 0 Å². The predicted octanol–water partition coefficient (Wildman–Crippen LogP) is -1.39. The SMILES string of the molecule is CC(C)C(NC(=O)C(Cc1ccccc1)NC(=O)C(N)CCC(=O)O)C(=O)NC(CO)C(=O)O. The monoisotopic (exact) mass is 480 g/mol. The molecule has 0 radical (unpaired) electrons. The fourth-order valence-corrected chi connectivity index (χ4v) is 2.98. The first-order valence-electron chi connectivity index (χ1n) is 10.7. The first-order valence-corrected chi connectivity index (χ1v) is 10.7. The van der Waals surface area contributed by atoms with Crippen molar-refractivity contribution < 1.29 is 39.3 Å². The minimum Gasteiger partial charge on any atom is -0.481 e. The fraction of sp³-hybridized carbons (Fsp3) is 0.500. The average Bonchev–Trinajstić information content (AvgIpc) is 2.78. The van der Waals surface area contributed by atoms with Crippen LogP contribution in [0.15, 0.2) is 30.3 Å². The molecule has 0 heterocycles. The summed E-state index contributed by atoms with van der Waals surface area (Å²) in [6, 6.07) is 3.74. The molecule has 8 N–H and O–H groups in total. The van der Waals surface area contributed by atoms with E-state index in [0.29, 0.717) is 5.56 Å². The van der Waals surface area contributed by atoms with Crippen LogP contribution in [-0.4, -0.2) is 75.8 Å². The Morgan fingerprint density at radius 2 is 1.47 bits per heavy atom. The third-order valence-electron chi connectivity index (χ3n) is 4.97. The van der Waals surface area contributed by atoms with Crippen molar-refractivity contribution in [2.75, 3.05) is 6.61 Å². The molecular formula is C22H32N4O8. The summed E-state index contributed by atoms with van der Waals surface area (Å²) in [4.78, 5) is 60.0. The van der Waals surface area contributed by atoms with Crippen LogP contribution in [0.4, 0.5) is 0 Å². The van der Waals surface area contributed by atoms with Gasteiger partial charge >= 0.3 is 11.9 Å². The molecule has 0 aliphatic heterocycles. The van der Waals surface area contributed by atoms with Crippen molar-refractivity contribution in [3.8, 4) is 0 Å². The number of rotatable bonds is 14. The number of hydrogen-bond donors (Lipinski definition) is 7. The van der Waals surface area contributed by atoms with Crippen LogP contribution in [-0.2, 0) is 30.4 Å². The summed E-state index contributed by atoms with van der Waals surface area (Å²) >= 11 is 0. The molecule has 34 heavy (non-hydrogen) atoms. The van der Waals surface area contributed by atoms with E-state index in [1.165, 1.54) is 0 Å². The lowest BCUT2D eigenvalue weighted by atomic mass is 10.00. The number of carbonyl (C=O) groups excluding carboxylic acids is 3. The maximum absolute atomic E-state index is 13.1. The number of hydrogen-bond acceptors (Lipinski definition) is 7. The smallest absolute Gasteiger partial charge is 0.328 e. The van der Waals surface area contributed by atoms with Gasteiger partial charge in [-0.1, -0.05) is 44.2 Å². The zero-order valence-electron chi connectivity index (χ0n) is 19.1. The quantitative estimate of drug-likeness (QED) is 0.167. The van der Waals surface area contributed by atoms with E-state index in [1.807, 2.05) is 0 Å². The molecule has 0 aliphatic rings. The molecule has 12 nitrogen and oxygen atoms in total. The molecule has 188 valence electrons. The molecule has 12 heteroatoms. The van der Waals surface area contributed by atoms with Gasteiger partial charge in [-0.05, 0) is 17.9 Å². The Morgan fingerprint density at radius 1 is 0.882 bits per heavy atom. The molecule has 4 atom stereocenters. The van der Waals surface area contributed by atoms with E-state index in [4.69, 9.17) is 21.1 Å². The zero-order valence-corrected chi connectivity index (χ0v) is 19.1. The molecule has 0 bridgehead atoms. The number of aliphatic carboxylic acids is 2. The number of benzene rings is 1. The van der Waals surface area contributed by atoms with Crippen LogP contribution < -0.4 is 21.7 Å². The van der Waals surface area contributed by atoms with Crippen LogP contribution in [0, 0.1) is 5.92 Å². The molecule has 0 spiro atoms. The van der Waals surface area contributed by atoms with Crippen LogP contribution in [0.25, 0.3) is 0 Å². The molecule has 3 amide bonds. The van der Waals surface area contributed by atoms with E-state index in [1.54, 1.807) is 44.2 Å². The standard InChI is InChI=1S/C22H32N4O8/c1-12(2)18(21(32)25-16(11-27)22(33)34)26-20(31)15(10-13-6-4-3-5-7-13)24-19(30)14(23)8-9-17(28)29/h3-7,12,14-16,18,27H,8-11,23H2,1-2H3,(H,24,30)(H,25,32)(H,26,31)(H,28,29)(H,33,34). The second kappa shape index (κ2) is 13.9. The number of carboxylic acids is 2. The Hall–Kier alpha value is -3.51. The van der Waals surface area contributed by atoms with Crippen molar-refractivity contribution in [2.45, 2.75) is 57.3 Å². The third kappa shape index (κ3) is 9.55. The van der Waals surface area contributed by atoms with Gasteiger partial charge < -0.3 is 37.0 Å². The number of aliphatic hydroxyl groups is 1. The summed E-state index contributed by atoms with van der Waals surface area (Å²) in [7, 11) is 0. The van der Waals surface area contributed by atoms with Crippen LogP contribution in [0.5, 0.6) is 0 Å². The van der Waals surface area contributed by atoms with E-state index in [0.717, 1.165) is 0 Å². The predicted molar refractivity (Wildman–Crippen MR) is 120 cm³/mol. The molecule has 0 saturated carbocycles. The van der Waals surface area contributed by atoms with E-state index in [2.05, 4.69) is 16.0 Å². The Kier molecular flexibility index (Phi) is 11.7. The van der Waals surface area contributed by atoms with Gasteiger partial charge in [0, 0.05) is 12.8 Å². The maximum Gasteiger partial charge on any atom is 0.328 e. The van der Waals surface area contributed by atoms with Crippen molar-refractivity contribution >= 4 is 29.7 Å². The van der Waals surface area contributed by atoms with Gasteiger partial charge in [0.1, 0.15) is 18.1 Å². The first-order chi connectivity index (χ1) is 16.0. The van der Waals surface area contributed by atoms with Crippen LogP contribution in [0.1, 0.15) is 32.3 Å². The largest absolute Gasteiger partial charge is 0.481 e. The lowest BCUT2D eigenvalue weighted by Crippen LogP contribution is -2.59. The van der Waals surface area contributed by atoms with Gasteiger partial charge in [0.05, 0.1) is 12.6 Å². The molecule has 1 aromatic rings. The van der Waals surface area contributed by atoms with Gasteiger partial charge in [-0.2, -0.15) is 0 Å². The number of aliphatic hydroxyl groups excluding tert-OH is 1. The Morgan fingerprint density at radius 3 is 1.97 bits per heavy atom. The Bertz CT molecular complexity index is 862. The van der Waals surface area contributed by atoms with Crippen molar-refractivity contribution in [1.82, 2.24) is 16.0 Å². The van der Waals surface area contributed by atoms with E-state index in [-0.39, 0.29) is 19.3 Å². The van der Waals surface area contributed by atoms with Crippen LogP contribution in [0.3, 0.4) is 0 Å². The van der Waals surface area contributed by atoms with Crippen molar-refractivity contribution in [1.29, 1.82) is 0 Å². The summed E-state index contributed by atoms with van der Waals surface area (Å²) in [6.45, 7) is 2.43. The molecular weight excluding hydrogens is 448 g/mol. The number of carbonyl (C=O) groups is 5. The van der Waals surface area contributed by atoms with Gasteiger partial charge in [-0.25, -0.2) is 4.79 Å². The van der Waals surface area contributed by atoms with Gasteiger partial charge in [-0.15, -0.1) is 0 Å². The second-order valence-corrected chi connectivity index (χ2v) is 8.10. The fourth-order valence-electron chi connectivity index (χ4n) is 2.98. The van der Waals surface area contributed by atoms with Crippen molar-refractivity contribution in [3.63, 3.8) is 0 Å². The van der Waals surface area contributed by atoms with Gasteiger partial charge in [-0.3, -0.25) is 19.2 Å². The highest BCUT2D eigenvalue weighted by Gasteiger charge is 2.32. The summed E-state index contributed by atoms with van der Waals surface area (Å²) in [5.74, 6) is -5.26. The average molecular weight is 481 g/mol. The number of amides is 3. The first kappa shape index (κ1) is 28.5. The van der Waals surface area contributed by atoms with E-state index < -0.39 is 66.4 Å². The van der Waals surface area contributed by atoms with Crippen molar-refractivity contribution in [2.24, 2.45) is 11.7 Å². The van der Waals surface area contributed by atoms with Crippen LogP contribution in [0.2, 0.25) is 0 Å². The highest BCUT2D eigenvalue weighted by atomic mass is 16.4. The molecule has 1 aromatic carbocycles. The zero-order chi connectivity index (χ0) is 25.8. The topological polar surface area (TPSA) is 208 Å². The summed E-state index contributed by atoms with van der Waals surface area (Å²) in [6.07, 6.45) is -0.393. The van der Waals surface area contributed by atoms with Crippen LogP contribution >= 0.6 is 0 Å². The highest BCUT2D eigenvalue weighted by molar-refractivity contribution is 5.94. The van der Waals surface area contributed by atoms with E-state index in [9.17, 15) is 24.0 Å². The summed E-state index contributed by atoms with van der Waals surface area (Å²) < 4.78 is 0. The number of nitrogens with two attached hydrogens (primary N) is 1. The normalized spacial score (nSPS) is 14.4. The molecule has 1 rings (SSSR count). The lowest BCUT2D eigenvalue weighted by molar-refractivity contribution is -0.143. The number of nitrogens with one attached hydrogen (secondary N) is 3. The Labute approximate surface area is 196 Å². The minimum atomic E-state index is -1.54. The molecule has 0 saturated heterocycles. The molecule has 4 unspecified atom stereocenters. The second-order valence-electron chi connectivity index (χ2n) is 8.10. The minimum absolute atomic E-state index is 0.0604. The van der Waals surface area contributed by atoms with E-state index >= 15 is 0 Å². The highest BCUT2D eigenvalue weighted by Crippen LogP contribution is 2.08. The molecule has 0 aromatic heterocycles. The summed E-state index contributed by atoms with van der Waals surface area (Å²) in [5, 5.41) is 34.2. The maximum atomic E-state index is 13.1. The number of carboxylic acid groups (broad SMARTS) is 2. The van der Waals surface area contributed by atoms with Gasteiger partial charge in [0.2, 0.25) is 17.7 Å². The molecule has 0 aliphatic carbocycles. The van der Waals surface area contributed by atoms with Crippen molar-refractivity contribution in [3.05, 3.63) is 35.9 Å². The third-order valence-corrected chi connectivity index (χ3v) is 4.97. The summed E-state index contributed by atoms with van der Waals surface area (Å²) in [5.41, 5.74) is 6.46. The van der Waals surface area contributed by atoms with Gasteiger partial charge in [0.25, 0.3) is 0 Å². The lowest BCUT2D eigenvalue weighted by Gasteiger charge is -2.27.